The van der Waals surface area contributed by atoms with Gasteiger partial charge in [-0.05, 0) is 32.8 Å². The van der Waals surface area contributed by atoms with Crippen molar-refractivity contribution in [2.24, 2.45) is 0 Å². The largest absolute Gasteiger partial charge is 0.256 e. The van der Waals surface area contributed by atoms with Crippen molar-refractivity contribution in [3.05, 3.63) is 91.1 Å². The number of aromatic nitrogens is 1. The maximum Gasteiger partial charge on any atom is 0.114 e. The number of rotatable bonds is 3. The number of hydrogen-bond acceptors (Lipinski definition) is 1. The lowest BCUT2D eigenvalue weighted by Crippen LogP contribution is -2.52. The molecule has 0 fully saturated rings. The maximum atomic E-state index is 4.91. The number of nitrogens with zero attached hydrogens (tertiary/aromatic N) is 1. The van der Waals surface area contributed by atoms with E-state index in [1.807, 2.05) is 0 Å². The number of benzene rings is 3. The molecule has 3 aromatic carbocycles. The SMILES string of the molecule is C[Si](C)(c1ccccc1)c1ccc(-c2ccc3c(c2)[Si](C)(C)c2ccccc2-3)nc1. The Labute approximate surface area is 181 Å². The highest BCUT2D eigenvalue weighted by Crippen LogP contribution is 2.30. The van der Waals surface area contributed by atoms with E-state index < -0.39 is 16.1 Å². The average molecular weight is 422 g/mol. The molecule has 5 rings (SSSR count). The Morgan fingerprint density at radius 3 is 2.10 bits per heavy atom. The van der Waals surface area contributed by atoms with Crippen LogP contribution in [0.5, 0.6) is 0 Å². The molecule has 3 heteroatoms. The van der Waals surface area contributed by atoms with Gasteiger partial charge in [-0.25, -0.2) is 0 Å². The summed E-state index contributed by atoms with van der Waals surface area (Å²) in [4.78, 5) is 4.91. The molecule has 148 valence electrons. The summed E-state index contributed by atoms with van der Waals surface area (Å²) in [5, 5.41) is 5.91. The van der Waals surface area contributed by atoms with Crippen molar-refractivity contribution in [3.8, 4) is 22.4 Å². The van der Waals surface area contributed by atoms with Gasteiger partial charge in [0.25, 0.3) is 0 Å². The van der Waals surface area contributed by atoms with E-state index in [4.69, 9.17) is 4.98 Å². The standard InChI is InChI=1S/C27H27NSi2/c1-29(2,21-10-6-5-7-11-21)22-15-17-25(28-19-22)20-14-16-24-23-12-8-9-13-26(23)30(3,4)27(24)18-20/h5-19H,1-4H3. The number of pyridine rings is 1. The van der Waals surface area contributed by atoms with E-state index in [1.54, 1.807) is 5.19 Å². The molecular weight excluding hydrogens is 394 g/mol. The Balaban J connectivity index is 1.52. The highest BCUT2D eigenvalue weighted by atomic mass is 28.3. The van der Waals surface area contributed by atoms with Crippen LogP contribution in [0.3, 0.4) is 0 Å². The molecule has 0 amide bonds. The summed E-state index contributed by atoms with van der Waals surface area (Å²) < 4.78 is 0. The van der Waals surface area contributed by atoms with E-state index in [1.165, 1.54) is 32.3 Å². The molecular formula is C27H27NSi2. The number of hydrogen-bond donors (Lipinski definition) is 0. The average Bonchev–Trinajstić information content (AvgIpc) is 3.01. The topological polar surface area (TPSA) is 12.9 Å². The lowest BCUT2D eigenvalue weighted by atomic mass is 10.0. The molecule has 0 radical (unpaired) electrons. The fraction of sp³-hybridized carbons (Fsp3) is 0.148. The second-order valence-corrected chi connectivity index (χ2v) is 18.1. The summed E-state index contributed by atoms with van der Waals surface area (Å²) in [6, 6.07) is 31.3. The van der Waals surface area contributed by atoms with Crippen LogP contribution in [-0.2, 0) is 0 Å². The van der Waals surface area contributed by atoms with E-state index >= 15 is 0 Å². The van der Waals surface area contributed by atoms with Gasteiger partial charge in [0.05, 0.1) is 5.69 Å². The van der Waals surface area contributed by atoms with Gasteiger partial charge in [0.15, 0.2) is 0 Å². The van der Waals surface area contributed by atoms with Crippen molar-refractivity contribution in [2.45, 2.75) is 26.2 Å². The summed E-state index contributed by atoms with van der Waals surface area (Å²) >= 11 is 0. The van der Waals surface area contributed by atoms with E-state index in [9.17, 15) is 0 Å². The predicted octanol–water partition coefficient (Wildman–Crippen LogP) is 4.37. The van der Waals surface area contributed by atoms with Crippen LogP contribution in [0.25, 0.3) is 22.4 Å². The van der Waals surface area contributed by atoms with Crippen LogP contribution in [0.4, 0.5) is 0 Å². The zero-order valence-corrected chi connectivity index (χ0v) is 20.1. The van der Waals surface area contributed by atoms with Gasteiger partial charge in [0, 0.05) is 11.8 Å². The van der Waals surface area contributed by atoms with Crippen molar-refractivity contribution in [1.82, 2.24) is 4.98 Å². The minimum atomic E-state index is -1.72. The lowest BCUT2D eigenvalue weighted by molar-refractivity contribution is 1.34. The molecule has 1 aliphatic rings. The molecule has 0 bridgehead atoms. The van der Waals surface area contributed by atoms with Crippen LogP contribution in [0.2, 0.25) is 26.2 Å². The molecule has 0 spiro atoms. The third-order valence-electron chi connectivity index (χ3n) is 6.86. The Kier molecular flexibility index (Phi) is 4.42. The van der Waals surface area contributed by atoms with Gasteiger partial charge >= 0.3 is 0 Å². The Morgan fingerprint density at radius 1 is 0.667 bits per heavy atom. The van der Waals surface area contributed by atoms with Crippen LogP contribution in [-0.4, -0.2) is 21.1 Å². The van der Waals surface area contributed by atoms with Crippen LogP contribution in [0.1, 0.15) is 0 Å². The van der Waals surface area contributed by atoms with Crippen molar-refractivity contribution >= 4 is 36.9 Å². The summed E-state index contributed by atoms with van der Waals surface area (Å²) in [5.74, 6) is 0. The van der Waals surface area contributed by atoms with Crippen molar-refractivity contribution in [3.63, 3.8) is 0 Å². The van der Waals surface area contributed by atoms with Gasteiger partial charge in [-0.15, -0.1) is 0 Å². The third-order valence-corrected chi connectivity index (χ3v) is 13.9. The molecule has 1 aliphatic heterocycles. The fourth-order valence-electron chi connectivity index (χ4n) is 4.82. The van der Waals surface area contributed by atoms with E-state index in [-0.39, 0.29) is 0 Å². The van der Waals surface area contributed by atoms with E-state index in [0.717, 1.165) is 5.69 Å². The van der Waals surface area contributed by atoms with Crippen molar-refractivity contribution in [1.29, 1.82) is 0 Å². The molecule has 0 N–H and O–H groups in total. The molecule has 0 atom stereocenters. The fourth-order valence-corrected chi connectivity index (χ4v) is 10.2. The second-order valence-electron chi connectivity index (χ2n) is 9.35. The van der Waals surface area contributed by atoms with Gasteiger partial charge < -0.3 is 0 Å². The highest BCUT2D eigenvalue weighted by molar-refractivity contribution is 7.04. The Morgan fingerprint density at radius 2 is 1.37 bits per heavy atom. The van der Waals surface area contributed by atoms with Gasteiger partial charge in [0.1, 0.15) is 16.1 Å². The van der Waals surface area contributed by atoms with Gasteiger partial charge in [-0.3, -0.25) is 4.98 Å². The first-order chi connectivity index (χ1) is 14.4. The van der Waals surface area contributed by atoms with Gasteiger partial charge in [-0.2, -0.15) is 0 Å². The van der Waals surface area contributed by atoms with Crippen LogP contribution >= 0.6 is 0 Å². The summed E-state index contributed by atoms with van der Waals surface area (Å²) in [7, 11) is -3.37. The normalized spacial score (nSPS) is 14.3. The summed E-state index contributed by atoms with van der Waals surface area (Å²) in [5.41, 5.74) is 5.14. The minimum Gasteiger partial charge on any atom is -0.256 e. The molecule has 4 aromatic rings. The monoisotopic (exact) mass is 421 g/mol. The first-order valence-electron chi connectivity index (χ1n) is 10.7. The van der Waals surface area contributed by atoms with Crippen molar-refractivity contribution < 1.29 is 0 Å². The quantitative estimate of drug-likeness (QED) is 0.448. The molecule has 0 aliphatic carbocycles. The summed E-state index contributed by atoms with van der Waals surface area (Å²) in [6.07, 6.45) is 2.11. The van der Waals surface area contributed by atoms with Crippen molar-refractivity contribution in [2.75, 3.05) is 0 Å². The van der Waals surface area contributed by atoms with E-state index in [2.05, 4.69) is 117 Å². The molecule has 0 unspecified atom stereocenters. The van der Waals surface area contributed by atoms with Crippen LogP contribution in [0.15, 0.2) is 91.1 Å². The number of fused-ring (bicyclic) bond motifs is 3. The molecule has 30 heavy (non-hydrogen) atoms. The molecule has 0 saturated heterocycles. The summed E-state index contributed by atoms with van der Waals surface area (Å²) in [6.45, 7) is 9.73. The highest BCUT2D eigenvalue weighted by Gasteiger charge is 2.37. The van der Waals surface area contributed by atoms with E-state index in [0.29, 0.717) is 0 Å². The third kappa shape index (κ3) is 2.92. The molecule has 1 aromatic heterocycles. The minimum absolute atomic E-state index is 1.07. The molecule has 1 nitrogen and oxygen atoms in total. The lowest BCUT2D eigenvalue weighted by Gasteiger charge is -2.23. The maximum absolute atomic E-state index is 4.91. The first kappa shape index (κ1) is 19.2. The molecule has 2 heterocycles. The smallest absolute Gasteiger partial charge is 0.114 e. The Bertz CT molecular complexity index is 1230. The Hall–Kier alpha value is -2.76. The first-order valence-corrected chi connectivity index (χ1v) is 16.7. The zero-order chi connectivity index (χ0) is 20.9. The van der Waals surface area contributed by atoms with Gasteiger partial charge in [0.2, 0.25) is 0 Å². The molecule has 0 saturated carbocycles. The van der Waals surface area contributed by atoms with Crippen LogP contribution in [0, 0.1) is 0 Å². The zero-order valence-electron chi connectivity index (χ0n) is 18.1. The predicted molar refractivity (Wildman–Crippen MR) is 135 cm³/mol. The second kappa shape index (κ2) is 6.90. The van der Waals surface area contributed by atoms with Crippen LogP contribution < -0.4 is 20.7 Å². The van der Waals surface area contributed by atoms with Gasteiger partial charge in [-0.1, -0.05) is 110 Å².